The Bertz CT molecular complexity index is 642. The Morgan fingerprint density at radius 2 is 1.79 bits per heavy atom. The second kappa shape index (κ2) is 4.19. The van der Waals surface area contributed by atoms with E-state index < -0.39 is 23.9 Å². The van der Waals surface area contributed by atoms with E-state index in [9.17, 15) is 22.0 Å². The maximum Gasteiger partial charge on any atom is 0.409 e. The van der Waals surface area contributed by atoms with Gasteiger partial charge >= 0.3 is 6.18 Å². The Morgan fingerprint density at radius 1 is 1.21 bits per heavy atom. The molecule has 2 nitrogen and oxygen atoms in total. The van der Waals surface area contributed by atoms with Gasteiger partial charge in [0, 0.05) is 24.2 Å². The summed E-state index contributed by atoms with van der Waals surface area (Å²) in [5.41, 5.74) is 4.93. The van der Waals surface area contributed by atoms with Gasteiger partial charge in [-0.15, -0.1) is 0 Å². The third-order valence-electron chi connectivity index (χ3n) is 3.16. The zero-order valence-corrected chi connectivity index (χ0v) is 10.1. The summed E-state index contributed by atoms with van der Waals surface area (Å²) in [6, 6.07) is -0.613. The molecule has 1 aromatic heterocycles. The van der Waals surface area contributed by atoms with Crippen molar-refractivity contribution in [3.8, 4) is 0 Å². The lowest BCUT2D eigenvalue weighted by molar-refractivity contribution is -0.150. The van der Waals surface area contributed by atoms with Crippen LogP contribution in [0.25, 0.3) is 10.9 Å². The highest BCUT2D eigenvalue weighted by atomic mass is 19.4. The van der Waals surface area contributed by atoms with Gasteiger partial charge in [0.05, 0.1) is 5.52 Å². The molecule has 0 aliphatic rings. The van der Waals surface area contributed by atoms with Gasteiger partial charge in [-0.3, -0.25) is 0 Å². The van der Waals surface area contributed by atoms with Crippen LogP contribution in [0.15, 0.2) is 12.1 Å². The Labute approximate surface area is 105 Å². The minimum absolute atomic E-state index is 0.0893. The Kier molecular flexibility index (Phi) is 3.04. The Hall–Kier alpha value is -1.63. The smallest absolute Gasteiger partial charge is 0.343 e. The van der Waals surface area contributed by atoms with Gasteiger partial charge in [-0.25, -0.2) is 8.78 Å². The lowest BCUT2D eigenvalue weighted by Crippen LogP contribution is -2.30. The number of hydrogen-bond donors (Lipinski definition) is 1. The molecule has 19 heavy (non-hydrogen) atoms. The van der Waals surface area contributed by atoms with Crippen LogP contribution in [0, 0.1) is 18.6 Å². The Balaban J connectivity index is 2.81. The number of rotatable bonds is 1. The number of aryl methyl sites for hydroxylation is 2. The number of fused-ring (bicyclic) bond motifs is 1. The summed E-state index contributed by atoms with van der Waals surface area (Å²) >= 11 is 0. The predicted molar refractivity (Wildman–Crippen MR) is 60.6 cm³/mol. The van der Waals surface area contributed by atoms with Crippen molar-refractivity contribution in [1.82, 2.24) is 4.57 Å². The predicted octanol–water partition coefficient (Wildman–Crippen LogP) is 3.33. The molecule has 0 aliphatic carbocycles. The molecular weight excluding hydrogens is 267 g/mol. The SMILES string of the molecule is Cc1c(C(N)C(F)(F)F)n(C)c2c(F)cc(F)cc12. The van der Waals surface area contributed by atoms with Gasteiger partial charge in [-0.1, -0.05) is 0 Å². The summed E-state index contributed by atoms with van der Waals surface area (Å²) in [6.07, 6.45) is -4.65. The third kappa shape index (κ3) is 2.07. The number of hydrogen-bond acceptors (Lipinski definition) is 1. The molecule has 1 aromatic carbocycles. The van der Waals surface area contributed by atoms with Crippen molar-refractivity contribution >= 4 is 10.9 Å². The number of nitrogens with two attached hydrogens (primary N) is 1. The van der Waals surface area contributed by atoms with Crippen LogP contribution < -0.4 is 5.73 Å². The molecular formula is C12H11F5N2. The molecule has 0 fully saturated rings. The summed E-state index contributed by atoms with van der Waals surface area (Å²) in [5, 5.41) is 0.0923. The highest BCUT2D eigenvalue weighted by Crippen LogP contribution is 2.37. The standard InChI is InChI=1S/C12H11F5N2/c1-5-7-3-6(13)4-8(14)10(7)19(2)9(5)11(18)12(15,16)17/h3-4,11H,18H2,1-2H3. The minimum atomic E-state index is -4.65. The van der Waals surface area contributed by atoms with E-state index in [4.69, 9.17) is 5.73 Å². The van der Waals surface area contributed by atoms with E-state index in [2.05, 4.69) is 0 Å². The summed E-state index contributed by atoms with van der Waals surface area (Å²) in [6.45, 7) is 1.36. The second-order valence-corrected chi connectivity index (χ2v) is 4.37. The van der Waals surface area contributed by atoms with Crippen molar-refractivity contribution in [2.75, 3.05) is 0 Å². The molecule has 2 N–H and O–H groups in total. The lowest BCUT2D eigenvalue weighted by Gasteiger charge is -2.17. The van der Waals surface area contributed by atoms with Crippen molar-refractivity contribution in [1.29, 1.82) is 0 Å². The van der Waals surface area contributed by atoms with Crippen molar-refractivity contribution in [3.63, 3.8) is 0 Å². The molecule has 1 heterocycles. The second-order valence-electron chi connectivity index (χ2n) is 4.37. The molecule has 7 heteroatoms. The maximum absolute atomic E-state index is 13.7. The topological polar surface area (TPSA) is 30.9 Å². The average Bonchev–Trinajstić information content (AvgIpc) is 2.49. The summed E-state index contributed by atoms with van der Waals surface area (Å²) in [4.78, 5) is 0. The van der Waals surface area contributed by atoms with E-state index in [0.29, 0.717) is 6.07 Å². The summed E-state index contributed by atoms with van der Waals surface area (Å²) in [7, 11) is 1.28. The van der Waals surface area contributed by atoms with Crippen LogP contribution in [-0.4, -0.2) is 10.7 Å². The fourth-order valence-electron chi connectivity index (χ4n) is 2.30. The van der Waals surface area contributed by atoms with Gasteiger partial charge in [-0.05, 0) is 18.6 Å². The van der Waals surface area contributed by atoms with Gasteiger partial charge in [0.1, 0.15) is 17.7 Å². The van der Waals surface area contributed by atoms with Crippen LogP contribution >= 0.6 is 0 Å². The zero-order chi connectivity index (χ0) is 14.5. The number of aromatic nitrogens is 1. The largest absolute Gasteiger partial charge is 0.409 e. The van der Waals surface area contributed by atoms with E-state index in [0.717, 1.165) is 10.6 Å². The maximum atomic E-state index is 13.7. The molecule has 0 saturated carbocycles. The molecule has 0 spiro atoms. The van der Waals surface area contributed by atoms with Crippen molar-refractivity contribution in [2.45, 2.75) is 19.1 Å². The Morgan fingerprint density at radius 3 is 2.32 bits per heavy atom. The first kappa shape index (κ1) is 13.8. The zero-order valence-electron chi connectivity index (χ0n) is 10.1. The minimum Gasteiger partial charge on any atom is -0.343 e. The molecule has 1 atom stereocenters. The van der Waals surface area contributed by atoms with E-state index in [-0.39, 0.29) is 22.2 Å². The quantitative estimate of drug-likeness (QED) is 0.797. The van der Waals surface area contributed by atoms with Crippen LogP contribution in [-0.2, 0) is 7.05 Å². The van der Waals surface area contributed by atoms with Gasteiger partial charge in [-0.2, -0.15) is 13.2 Å². The number of nitrogens with zero attached hydrogens (tertiary/aromatic N) is 1. The van der Waals surface area contributed by atoms with E-state index in [1.807, 2.05) is 0 Å². The third-order valence-corrected chi connectivity index (χ3v) is 3.16. The first-order valence-electron chi connectivity index (χ1n) is 5.40. The number of halogens is 5. The van der Waals surface area contributed by atoms with Crippen LogP contribution in [0.3, 0.4) is 0 Å². The van der Waals surface area contributed by atoms with Crippen LogP contribution in [0.1, 0.15) is 17.3 Å². The summed E-state index contributed by atoms with van der Waals surface area (Å²) in [5.74, 6) is -1.76. The van der Waals surface area contributed by atoms with Crippen molar-refractivity contribution in [2.24, 2.45) is 12.8 Å². The van der Waals surface area contributed by atoms with Gasteiger partial charge < -0.3 is 10.3 Å². The summed E-state index contributed by atoms with van der Waals surface area (Å²) < 4.78 is 65.9. The van der Waals surface area contributed by atoms with Crippen LogP contribution in [0.4, 0.5) is 22.0 Å². The first-order valence-corrected chi connectivity index (χ1v) is 5.40. The van der Waals surface area contributed by atoms with Gasteiger partial charge in [0.25, 0.3) is 0 Å². The van der Waals surface area contributed by atoms with Crippen molar-refractivity contribution in [3.05, 3.63) is 35.0 Å². The monoisotopic (exact) mass is 278 g/mol. The molecule has 2 rings (SSSR count). The molecule has 0 amide bonds. The van der Waals surface area contributed by atoms with E-state index in [1.165, 1.54) is 14.0 Å². The molecule has 1 unspecified atom stereocenters. The molecule has 0 aliphatic heterocycles. The molecule has 2 aromatic rings. The highest BCUT2D eigenvalue weighted by Gasteiger charge is 2.41. The fraction of sp³-hybridized carbons (Fsp3) is 0.333. The molecule has 104 valence electrons. The lowest BCUT2D eigenvalue weighted by atomic mass is 10.1. The van der Waals surface area contributed by atoms with Crippen LogP contribution in [0.5, 0.6) is 0 Å². The highest BCUT2D eigenvalue weighted by molar-refractivity contribution is 5.86. The van der Waals surface area contributed by atoms with Crippen LogP contribution in [0.2, 0.25) is 0 Å². The molecule has 0 saturated heterocycles. The van der Waals surface area contributed by atoms with Crippen molar-refractivity contribution < 1.29 is 22.0 Å². The van der Waals surface area contributed by atoms with Gasteiger partial charge in [0.2, 0.25) is 0 Å². The normalized spacial score (nSPS) is 14.1. The molecule has 0 bridgehead atoms. The number of benzene rings is 1. The van der Waals surface area contributed by atoms with Gasteiger partial charge in [0.15, 0.2) is 0 Å². The first-order chi connectivity index (χ1) is 8.64. The van der Waals surface area contributed by atoms with E-state index in [1.54, 1.807) is 0 Å². The van der Waals surface area contributed by atoms with E-state index >= 15 is 0 Å². The number of alkyl halides is 3. The molecule has 0 radical (unpaired) electrons. The fourth-order valence-corrected chi connectivity index (χ4v) is 2.30. The average molecular weight is 278 g/mol.